The summed E-state index contributed by atoms with van der Waals surface area (Å²) in [5, 5.41) is 0. The molecule has 0 aromatic carbocycles. The number of hydrogen-bond acceptors (Lipinski definition) is 3. The Kier molecular flexibility index (Phi) is 2.82. The fourth-order valence-corrected chi connectivity index (χ4v) is 2.65. The molecule has 2 fully saturated rings. The first-order chi connectivity index (χ1) is 6.67. The van der Waals surface area contributed by atoms with E-state index in [0.29, 0.717) is 12.0 Å². The van der Waals surface area contributed by atoms with Crippen molar-refractivity contribution >= 4 is 0 Å². The molecule has 1 atom stereocenters. The topological polar surface area (TPSA) is 21.7 Å². The maximum atomic E-state index is 5.75. The van der Waals surface area contributed by atoms with E-state index in [1.54, 1.807) is 0 Å². The van der Waals surface area contributed by atoms with E-state index < -0.39 is 0 Å². The molecule has 0 radical (unpaired) electrons. The normalized spacial score (nSPS) is 32.1. The summed E-state index contributed by atoms with van der Waals surface area (Å²) in [6.45, 7) is 10.3. The van der Waals surface area contributed by atoms with Crippen molar-refractivity contribution in [1.29, 1.82) is 0 Å². The van der Waals surface area contributed by atoms with Gasteiger partial charge in [0.1, 0.15) is 0 Å². The molecular formula is C11H21NO2. The molecule has 2 rings (SSSR count). The molecule has 2 heterocycles. The van der Waals surface area contributed by atoms with Gasteiger partial charge in [-0.15, -0.1) is 0 Å². The maximum absolute atomic E-state index is 5.75. The standard InChI is InChI=1S/C11H21NO2/c1-4-12-8-11(13-5-6-14-11)7-10(12)9(2)3/h9-10H,4-8H2,1-3H3. The van der Waals surface area contributed by atoms with Gasteiger partial charge in [-0.1, -0.05) is 20.8 Å². The van der Waals surface area contributed by atoms with Crippen LogP contribution in [0.15, 0.2) is 0 Å². The molecule has 1 unspecified atom stereocenters. The van der Waals surface area contributed by atoms with Crippen molar-refractivity contribution < 1.29 is 9.47 Å². The van der Waals surface area contributed by atoms with Gasteiger partial charge in [0, 0.05) is 12.5 Å². The Morgan fingerprint density at radius 2 is 2.00 bits per heavy atom. The van der Waals surface area contributed by atoms with Crippen molar-refractivity contribution in [2.75, 3.05) is 26.3 Å². The molecule has 82 valence electrons. The van der Waals surface area contributed by atoms with Crippen LogP contribution in [-0.4, -0.2) is 43.0 Å². The number of nitrogens with zero attached hydrogens (tertiary/aromatic N) is 1. The Balaban J connectivity index is 2.06. The van der Waals surface area contributed by atoms with Crippen LogP contribution in [0.5, 0.6) is 0 Å². The van der Waals surface area contributed by atoms with Crippen molar-refractivity contribution in [2.24, 2.45) is 5.92 Å². The summed E-state index contributed by atoms with van der Waals surface area (Å²) in [6.07, 6.45) is 1.04. The highest BCUT2D eigenvalue weighted by molar-refractivity contribution is 4.94. The Labute approximate surface area is 86.4 Å². The molecule has 1 spiro atoms. The Morgan fingerprint density at radius 3 is 2.43 bits per heavy atom. The van der Waals surface area contributed by atoms with Crippen LogP contribution in [0, 0.1) is 5.92 Å². The third-order valence-corrected chi connectivity index (χ3v) is 3.42. The average molecular weight is 199 g/mol. The van der Waals surface area contributed by atoms with Gasteiger partial charge in [0.2, 0.25) is 0 Å². The molecule has 0 N–H and O–H groups in total. The minimum atomic E-state index is -0.259. The fourth-order valence-electron chi connectivity index (χ4n) is 2.65. The molecule has 0 aromatic rings. The van der Waals surface area contributed by atoms with E-state index in [9.17, 15) is 0 Å². The van der Waals surface area contributed by atoms with Crippen molar-refractivity contribution in [3.63, 3.8) is 0 Å². The van der Waals surface area contributed by atoms with Crippen molar-refractivity contribution in [3.05, 3.63) is 0 Å². The van der Waals surface area contributed by atoms with Crippen LogP contribution in [0.3, 0.4) is 0 Å². The Morgan fingerprint density at radius 1 is 1.36 bits per heavy atom. The van der Waals surface area contributed by atoms with Gasteiger partial charge in [0.15, 0.2) is 5.79 Å². The minimum absolute atomic E-state index is 0.259. The zero-order valence-corrected chi connectivity index (χ0v) is 9.45. The van der Waals surface area contributed by atoms with Crippen LogP contribution < -0.4 is 0 Å². The first-order valence-electron chi connectivity index (χ1n) is 5.69. The van der Waals surface area contributed by atoms with E-state index in [0.717, 1.165) is 32.7 Å². The van der Waals surface area contributed by atoms with Crippen molar-refractivity contribution in [3.8, 4) is 0 Å². The number of likely N-dealkylation sites (N-methyl/N-ethyl adjacent to an activating group) is 1. The second-order valence-corrected chi connectivity index (χ2v) is 4.69. The molecule has 14 heavy (non-hydrogen) atoms. The smallest absolute Gasteiger partial charge is 0.182 e. The summed E-state index contributed by atoms with van der Waals surface area (Å²) in [5.74, 6) is 0.424. The summed E-state index contributed by atoms with van der Waals surface area (Å²) in [7, 11) is 0. The van der Waals surface area contributed by atoms with Crippen LogP contribution in [-0.2, 0) is 9.47 Å². The first-order valence-corrected chi connectivity index (χ1v) is 5.69. The highest BCUT2D eigenvalue weighted by atomic mass is 16.7. The van der Waals surface area contributed by atoms with E-state index in [-0.39, 0.29) is 5.79 Å². The molecule has 3 nitrogen and oxygen atoms in total. The molecule has 0 bridgehead atoms. The number of hydrogen-bond donors (Lipinski definition) is 0. The van der Waals surface area contributed by atoms with Crippen LogP contribution in [0.2, 0.25) is 0 Å². The summed E-state index contributed by atoms with van der Waals surface area (Å²) in [5.41, 5.74) is 0. The van der Waals surface area contributed by atoms with Crippen LogP contribution in [0.25, 0.3) is 0 Å². The average Bonchev–Trinajstić information content (AvgIpc) is 2.74. The van der Waals surface area contributed by atoms with E-state index in [2.05, 4.69) is 25.7 Å². The van der Waals surface area contributed by atoms with Gasteiger partial charge < -0.3 is 9.47 Å². The Hall–Kier alpha value is -0.120. The SMILES string of the molecule is CCN1CC2(CC1C(C)C)OCCO2. The highest BCUT2D eigenvalue weighted by Gasteiger charge is 2.48. The zero-order valence-electron chi connectivity index (χ0n) is 9.45. The van der Waals surface area contributed by atoms with E-state index in [4.69, 9.17) is 9.47 Å². The van der Waals surface area contributed by atoms with Gasteiger partial charge in [-0.2, -0.15) is 0 Å². The highest BCUT2D eigenvalue weighted by Crippen LogP contribution is 2.36. The van der Waals surface area contributed by atoms with Crippen LogP contribution in [0.1, 0.15) is 27.2 Å². The summed E-state index contributed by atoms with van der Waals surface area (Å²) in [6, 6.07) is 0.623. The third-order valence-electron chi connectivity index (χ3n) is 3.42. The monoisotopic (exact) mass is 199 g/mol. The minimum Gasteiger partial charge on any atom is -0.346 e. The number of ether oxygens (including phenoxy) is 2. The molecule has 2 aliphatic heterocycles. The molecule has 2 saturated heterocycles. The number of likely N-dealkylation sites (tertiary alicyclic amines) is 1. The lowest BCUT2D eigenvalue weighted by atomic mass is 10.0. The molecule has 2 aliphatic rings. The first kappa shape index (κ1) is 10.4. The van der Waals surface area contributed by atoms with Gasteiger partial charge in [-0.25, -0.2) is 0 Å². The van der Waals surface area contributed by atoms with Gasteiger partial charge in [-0.05, 0) is 12.5 Å². The second-order valence-electron chi connectivity index (χ2n) is 4.69. The lowest BCUT2D eigenvalue weighted by molar-refractivity contribution is -0.145. The molecule has 0 aliphatic carbocycles. The fraction of sp³-hybridized carbons (Fsp3) is 1.00. The summed E-state index contributed by atoms with van der Waals surface area (Å²) in [4.78, 5) is 2.48. The quantitative estimate of drug-likeness (QED) is 0.672. The van der Waals surface area contributed by atoms with E-state index in [1.165, 1.54) is 0 Å². The Bertz CT molecular complexity index is 199. The van der Waals surface area contributed by atoms with E-state index >= 15 is 0 Å². The van der Waals surface area contributed by atoms with Gasteiger partial charge in [-0.3, -0.25) is 4.90 Å². The van der Waals surface area contributed by atoms with Crippen LogP contribution in [0.4, 0.5) is 0 Å². The second kappa shape index (κ2) is 3.80. The van der Waals surface area contributed by atoms with Gasteiger partial charge in [0.25, 0.3) is 0 Å². The molecule has 3 heteroatoms. The lowest BCUT2D eigenvalue weighted by Gasteiger charge is -2.24. The van der Waals surface area contributed by atoms with E-state index in [1.807, 2.05) is 0 Å². The largest absolute Gasteiger partial charge is 0.346 e. The zero-order chi connectivity index (χ0) is 10.2. The lowest BCUT2D eigenvalue weighted by Crippen LogP contribution is -2.35. The van der Waals surface area contributed by atoms with Gasteiger partial charge >= 0.3 is 0 Å². The van der Waals surface area contributed by atoms with Crippen LogP contribution >= 0.6 is 0 Å². The molecule has 0 saturated carbocycles. The maximum Gasteiger partial charge on any atom is 0.182 e. The molecule has 0 amide bonds. The predicted molar refractivity (Wildman–Crippen MR) is 55.1 cm³/mol. The summed E-state index contributed by atoms with van der Waals surface area (Å²) < 4.78 is 11.5. The third kappa shape index (κ3) is 1.69. The summed E-state index contributed by atoms with van der Waals surface area (Å²) >= 11 is 0. The molecule has 0 aromatic heterocycles. The molecular weight excluding hydrogens is 178 g/mol. The van der Waals surface area contributed by atoms with Crippen molar-refractivity contribution in [2.45, 2.75) is 39.0 Å². The predicted octanol–water partition coefficient (Wildman–Crippen LogP) is 1.48. The number of rotatable bonds is 2. The van der Waals surface area contributed by atoms with Gasteiger partial charge in [0.05, 0.1) is 19.8 Å². The van der Waals surface area contributed by atoms with Crippen molar-refractivity contribution in [1.82, 2.24) is 4.90 Å².